The molecule has 152 valence electrons. The summed E-state index contributed by atoms with van der Waals surface area (Å²) in [5.74, 6) is -0.845. The molecule has 3 rings (SSSR count). The molecule has 2 heterocycles. The Balaban J connectivity index is 1.63. The van der Waals surface area contributed by atoms with E-state index in [1.165, 1.54) is 0 Å². The maximum Gasteiger partial charge on any atom is 0.325 e. The van der Waals surface area contributed by atoms with Crippen LogP contribution in [0, 0.1) is 20.8 Å². The summed E-state index contributed by atoms with van der Waals surface area (Å²) in [5, 5.41) is 2.63. The van der Waals surface area contributed by atoms with E-state index in [4.69, 9.17) is 4.42 Å². The molecule has 5 amide bonds. The van der Waals surface area contributed by atoms with E-state index < -0.39 is 35.8 Å². The molecule has 1 fully saturated rings. The van der Waals surface area contributed by atoms with E-state index in [1.807, 2.05) is 19.1 Å². The van der Waals surface area contributed by atoms with E-state index in [-0.39, 0.29) is 5.56 Å². The van der Waals surface area contributed by atoms with Gasteiger partial charge < -0.3 is 9.73 Å². The van der Waals surface area contributed by atoms with Crippen molar-refractivity contribution >= 4 is 23.8 Å². The van der Waals surface area contributed by atoms with Gasteiger partial charge in [-0.2, -0.15) is 0 Å². The van der Waals surface area contributed by atoms with Crippen LogP contribution < -0.4 is 16.2 Å². The molecule has 0 aliphatic carbocycles. The maximum atomic E-state index is 12.8. The molecule has 29 heavy (non-hydrogen) atoms. The summed E-state index contributed by atoms with van der Waals surface area (Å²) in [5.41, 5.74) is 5.10. The molecular weight excluding hydrogens is 376 g/mol. The minimum Gasteiger partial charge on any atom is -0.466 e. The number of rotatable bonds is 4. The lowest BCUT2D eigenvalue weighted by atomic mass is 9.91. The van der Waals surface area contributed by atoms with E-state index in [0.29, 0.717) is 17.1 Å². The molecule has 0 spiro atoms. The fourth-order valence-corrected chi connectivity index (χ4v) is 3.16. The van der Waals surface area contributed by atoms with E-state index >= 15 is 0 Å². The predicted octanol–water partition coefficient (Wildman–Crippen LogP) is 1.43. The van der Waals surface area contributed by atoms with Gasteiger partial charge in [-0.05, 0) is 39.3 Å². The second-order valence-electron chi connectivity index (χ2n) is 7.14. The number of nitrogens with zero attached hydrogens (tertiary/aromatic N) is 1. The number of nitrogens with one attached hydrogen (secondary N) is 3. The highest BCUT2D eigenvalue weighted by Gasteiger charge is 2.49. The van der Waals surface area contributed by atoms with Crippen molar-refractivity contribution in [3.05, 3.63) is 58.5 Å². The first-order valence-electron chi connectivity index (χ1n) is 8.99. The molecule has 9 heteroatoms. The summed E-state index contributed by atoms with van der Waals surface area (Å²) in [6, 6.07) is 8.05. The lowest BCUT2D eigenvalue weighted by molar-refractivity contribution is -0.135. The molecular formula is C20H22N4O5. The van der Waals surface area contributed by atoms with Gasteiger partial charge >= 0.3 is 6.03 Å². The van der Waals surface area contributed by atoms with Crippen LogP contribution in [-0.4, -0.2) is 35.2 Å². The lowest BCUT2D eigenvalue weighted by Gasteiger charge is -2.22. The quantitative estimate of drug-likeness (QED) is 0.532. The third-order valence-electron chi connectivity index (χ3n) is 4.81. The highest BCUT2D eigenvalue weighted by molar-refractivity contribution is 6.09. The Labute approximate surface area is 167 Å². The second-order valence-corrected chi connectivity index (χ2v) is 7.14. The van der Waals surface area contributed by atoms with Crippen LogP contribution in [0.1, 0.15) is 39.9 Å². The van der Waals surface area contributed by atoms with Crippen LogP contribution in [0.25, 0.3) is 0 Å². The smallest absolute Gasteiger partial charge is 0.325 e. The Hall–Kier alpha value is -3.62. The highest BCUT2D eigenvalue weighted by Crippen LogP contribution is 2.28. The minimum absolute atomic E-state index is 0.282. The second kappa shape index (κ2) is 7.42. The van der Waals surface area contributed by atoms with Crippen molar-refractivity contribution < 1.29 is 23.6 Å². The fraction of sp³-hybridized carbons (Fsp3) is 0.300. The zero-order valence-corrected chi connectivity index (χ0v) is 16.6. The fourth-order valence-electron chi connectivity index (χ4n) is 3.16. The zero-order chi connectivity index (χ0) is 21.3. The van der Waals surface area contributed by atoms with E-state index in [1.54, 1.807) is 39.0 Å². The standard InChI is InChI=1S/C20H22N4O5/c1-11-5-7-14(8-6-11)20(4)18(27)24(19(28)21-20)10-16(25)22-23-17(26)15-9-12(2)29-13(15)3/h5-9H,10H2,1-4H3,(H,21,28)(H,22,25)(H,23,26)/t20-/m0/s1. The molecule has 0 radical (unpaired) electrons. The molecule has 1 aromatic carbocycles. The van der Waals surface area contributed by atoms with Crippen LogP contribution in [0.4, 0.5) is 4.79 Å². The van der Waals surface area contributed by atoms with E-state index in [2.05, 4.69) is 16.2 Å². The first-order valence-corrected chi connectivity index (χ1v) is 8.99. The number of hydrogen-bond acceptors (Lipinski definition) is 5. The van der Waals surface area contributed by atoms with Gasteiger partial charge in [0.05, 0.1) is 5.56 Å². The summed E-state index contributed by atoms with van der Waals surface area (Å²) >= 11 is 0. The van der Waals surface area contributed by atoms with Crippen LogP contribution in [0.3, 0.4) is 0 Å². The topological polar surface area (TPSA) is 121 Å². The van der Waals surface area contributed by atoms with Crippen molar-refractivity contribution in [2.24, 2.45) is 0 Å². The number of benzene rings is 1. The number of carbonyl (C=O) groups excluding carboxylic acids is 4. The minimum atomic E-state index is -1.26. The summed E-state index contributed by atoms with van der Waals surface area (Å²) < 4.78 is 5.27. The Morgan fingerprint density at radius 3 is 2.34 bits per heavy atom. The molecule has 0 bridgehead atoms. The van der Waals surface area contributed by atoms with Gasteiger partial charge in [-0.25, -0.2) is 4.79 Å². The first kappa shape index (κ1) is 20.1. The summed E-state index contributed by atoms with van der Waals surface area (Å²) in [6.45, 7) is 6.30. The molecule has 1 aromatic heterocycles. The molecule has 2 aromatic rings. The number of imide groups is 1. The monoisotopic (exact) mass is 398 g/mol. The van der Waals surface area contributed by atoms with Crippen molar-refractivity contribution in [3.63, 3.8) is 0 Å². The number of furan rings is 1. The lowest BCUT2D eigenvalue weighted by Crippen LogP contribution is -2.48. The van der Waals surface area contributed by atoms with Gasteiger partial charge in [0.1, 0.15) is 23.6 Å². The summed E-state index contributed by atoms with van der Waals surface area (Å²) in [4.78, 5) is 50.2. The van der Waals surface area contributed by atoms with Crippen molar-refractivity contribution in [1.82, 2.24) is 21.1 Å². The zero-order valence-electron chi connectivity index (χ0n) is 16.6. The average molecular weight is 398 g/mol. The van der Waals surface area contributed by atoms with Gasteiger partial charge in [-0.15, -0.1) is 0 Å². The third kappa shape index (κ3) is 3.84. The maximum absolute atomic E-state index is 12.8. The Morgan fingerprint density at radius 2 is 1.76 bits per heavy atom. The number of hydrogen-bond donors (Lipinski definition) is 3. The van der Waals surface area contributed by atoms with Gasteiger partial charge in [0.2, 0.25) is 0 Å². The van der Waals surface area contributed by atoms with Crippen LogP contribution in [0.15, 0.2) is 34.7 Å². The average Bonchev–Trinajstić information content (AvgIpc) is 3.11. The van der Waals surface area contributed by atoms with Crippen molar-refractivity contribution in [2.45, 2.75) is 33.2 Å². The number of urea groups is 1. The van der Waals surface area contributed by atoms with Gasteiger partial charge in [-0.3, -0.25) is 30.1 Å². The largest absolute Gasteiger partial charge is 0.466 e. The predicted molar refractivity (Wildman–Crippen MR) is 103 cm³/mol. The number of amides is 5. The Kier molecular flexibility index (Phi) is 5.15. The molecule has 1 aliphatic heterocycles. The van der Waals surface area contributed by atoms with Crippen LogP contribution in [-0.2, 0) is 15.1 Å². The van der Waals surface area contributed by atoms with Crippen LogP contribution >= 0.6 is 0 Å². The van der Waals surface area contributed by atoms with Gasteiger partial charge in [-0.1, -0.05) is 29.8 Å². The molecule has 0 unspecified atom stereocenters. The van der Waals surface area contributed by atoms with Crippen LogP contribution in [0.2, 0.25) is 0 Å². The molecule has 0 saturated carbocycles. The molecule has 1 saturated heterocycles. The summed E-state index contributed by atoms with van der Waals surface area (Å²) in [7, 11) is 0. The Bertz CT molecular complexity index is 995. The van der Waals surface area contributed by atoms with Gasteiger partial charge in [0.15, 0.2) is 0 Å². The number of hydrazine groups is 1. The number of carbonyl (C=O) groups is 4. The van der Waals surface area contributed by atoms with Crippen molar-refractivity contribution in [3.8, 4) is 0 Å². The Morgan fingerprint density at radius 1 is 1.10 bits per heavy atom. The third-order valence-corrected chi connectivity index (χ3v) is 4.81. The molecule has 9 nitrogen and oxygen atoms in total. The highest BCUT2D eigenvalue weighted by atomic mass is 16.3. The molecule has 3 N–H and O–H groups in total. The van der Waals surface area contributed by atoms with Crippen molar-refractivity contribution in [1.29, 1.82) is 0 Å². The normalized spacial score (nSPS) is 18.6. The number of aryl methyl sites for hydroxylation is 3. The van der Waals surface area contributed by atoms with Crippen LogP contribution in [0.5, 0.6) is 0 Å². The van der Waals surface area contributed by atoms with E-state index in [9.17, 15) is 19.2 Å². The first-order chi connectivity index (χ1) is 13.6. The summed E-state index contributed by atoms with van der Waals surface area (Å²) in [6.07, 6.45) is 0. The van der Waals surface area contributed by atoms with Gasteiger partial charge in [0.25, 0.3) is 17.7 Å². The van der Waals surface area contributed by atoms with E-state index in [0.717, 1.165) is 10.5 Å². The van der Waals surface area contributed by atoms with Crippen molar-refractivity contribution in [2.75, 3.05) is 6.54 Å². The van der Waals surface area contributed by atoms with Gasteiger partial charge in [0, 0.05) is 0 Å². The SMILES string of the molecule is Cc1ccc([C@]2(C)NC(=O)N(CC(=O)NNC(=O)c3cc(C)oc3C)C2=O)cc1. The molecule has 1 aliphatic rings. The molecule has 1 atom stereocenters.